The summed E-state index contributed by atoms with van der Waals surface area (Å²) in [5.41, 5.74) is 0. The van der Waals surface area contributed by atoms with Crippen molar-refractivity contribution in [3.63, 3.8) is 0 Å². The Morgan fingerprint density at radius 2 is 0.968 bits per heavy atom. The number of carbonyl (C=O) groups is 1. The number of likely N-dealkylation sites (N-methyl/N-ethyl adjacent to an activating group) is 1. The second kappa shape index (κ2) is 44.7. The van der Waals surface area contributed by atoms with Gasteiger partial charge in [-0.2, -0.15) is 0 Å². The summed E-state index contributed by atoms with van der Waals surface area (Å²) in [5.74, 6) is -0.213. The first kappa shape index (κ1) is 60.5. The van der Waals surface area contributed by atoms with Gasteiger partial charge in [-0.1, -0.05) is 210 Å². The summed E-state index contributed by atoms with van der Waals surface area (Å²) >= 11 is 0. The van der Waals surface area contributed by atoms with Gasteiger partial charge in [-0.25, -0.2) is 0 Å². The highest BCUT2D eigenvalue weighted by atomic mass is 31.2. The van der Waals surface area contributed by atoms with E-state index in [1.165, 1.54) is 167 Å². The molecule has 0 aliphatic heterocycles. The predicted octanol–water partition coefficient (Wildman–Crippen LogP) is 14.6. The van der Waals surface area contributed by atoms with Gasteiger partial charge in [0.2, 0.25) is 5.91 Å². The third-order valence-corrected chi connectivity index (χ3v) is 12.5. The quantitative estimate of drug-likeness (QED) is 0.0273. The predicted molar refractivity (Wildman–Crippen MR) is 265 cm³/mol. The average Bonchev–Trinajstić information content (AvgIpc) is 3.23. The van der Waals surface area contributed by atoms with Gasteiger partial charge in [0.25, 0.3) is 7.82 Å². The minimum Gasteiger partial charge on any atom is -0.756 e. The molecule has 9 heteroatoms. The molecule has 364 valence electrons. The molecular weight excluding hydrogens is 792 g/mol. The molecule has 3 unspecified atom stereocenters. The SMILES string of the molecule is C/C=C/CC/C=C/CC/C=C/C(O)C(COP(=O)([O-])OCC[N+](C)(C)C)NC(=O)CCCCCCCCCCCCCCCCCCCCC/C=C\CCCCCCCCCC. The number of nitrogens with zero attached hydrogens (tertiary/aromatic N) is 1. The third kappa shape index (κ3) is 46.5. The molecule has 3 atom stereocenters. The summed E-state index contributed by atoms with van der Waals surface area (Å²) in [4.78, 5) is 25.3. The largest absolute Gasteiger partial charge is 0.756 e. The number of hydrogen-bond donors (Lipinski definition) is 2. The van der Waals surface area contributed by atoms with E-state index in [9.17, 15) is 19.4 Å². The number of carbonyl (C=O) groups excluding carboxylic acids is 1. The molecule has 0 radical (unpaired) electrons. The van der Waals surface area contributed by atoms with E-state index < -0.39 is 26.6 Å². The van der Waals surface area contributed by atoms with Crippen LogP contribution < -0.4 is 10.2 Å². The normalized spacial score (nSPS) is 14.5. The molecule has 0 fully saturated rings. The first-order valence-corrected chi connectivity index (χ1v) is 27.4. The summed E-state index contributed by atoms with van der Waals surface area (Å²) < 4.78 is 23.1. The van der Waals surface area contributed by atoms with E-state index >= 15 is 0 Å². The Morgan fingerprint density at radius 1 is 0.581 bits per heavy atom. The average molecular weight is 893 g/mol. The molecule has 0 rings (SSSR count). The van der Waals surface area contributed by atoms with Crippen LogP contribution in [0.3, 0.4) is 0 Å². The van der Waals surface area contributed by atoms with Gasteiger partial charge in [-0.15, -0.1) is 0 Å². The van der Waals surface area contributed by atoms with Crippen molar-refractivity contribution in [2.45, 2.75) is 244 Å². The molecule has 0 aliphatic rings. The Morgan fingerprint density at radius 3 is 1.40 bits per heavy atom. The van der Waals surface area contributed by atoms with Crippen LogP contribution in [0.25, 0.3) is 0 Å². The summed E-state index contributed by atoms with van der Waals surface area (Å²) in [5, 5.41) is 13.7. The van der Waals surface area contributed by atoms with Crippen LogP contribution in [0.4, 0.5) is 0 Å². The number of allylic oxidation sites excluding steroid dienone is 7. The molecule has 0 spiro atoms. The molecule has 0 aromatic rings. The summed E-state index contributed by atoms with van der Waals surface area (Å²) in [6, 6.07) is -0.906. The monoisotopic (exact) mass is 893 g/mol. The van der Waals surface area contributed by atoms with E-state index in [1.807, 2.05) is 40.2 Å². The highest BCUT2D eigenvalue weighted by molar-refractivity contribution is 7.45. The highest BCUT2D eigenvalue weighted by Gasteiger charge is 2.23. The van der Waals surface area contributed by atoms with E-state index in [1.54, 1.807) is 6.08 Å². The fourth-order valence-corrected chi connectivity index (χ4v) is 8.20. The summed E-state index contributed by atoms with van der Waals surface area (Å²) in [6.07, 6.45) is 58.0. The molecule has 0 heterocycles. The zero-order valence-corrected chi connectivity index (χ0v) is 42.2. The van der Waals surface area contributed by atoms with Crippen LogP contribution in [0.5, 0.6) is 0 Å². The van der Waals surface area contributed by atoms with Gasteiger partial charge in [-0.05, 0) is 64.7 Å². The van der Waals surface area contributed by atoms with E-state index in [-0.39, 0.29) is 12.5 Å². The number of quaternary nitrogens is 1. The smallest absolute Gasteiger partial charge is 0.268 e. The second-order valence-electron chi connectivity index (χ2n) is 18.9. The fourth-order valence-electron chi connectivity index (χ4n) is 7.48. The molecular formula is C53H101N2O6P. The van der Waals surface area contributed by atoms with Crippen LogP contribution in [-0.4, -0.2) is 68.5 Å². The summed E-state index contributed by atoms with van der Waals surface area (Å²) in [6.45, 7) is 4.39. The molecule has 0 bridgehead atoms. The number of phosphoric ester groups is 1. The van der Waals surface area contributed by atoms with Crippen molar-refractivity contribution in [1.82, 2.24) is 5.32 Å². The number of amides is 1. The van der Waals surface area contributed by atoms with E-state index in [2.05, 4.69) is 42.6 Å². The van der Waals surface area contributed by atoms with Crippen LogP contribution in [0.1, 0.15) is 232 Å². The van der Waals surface area contributed by atoms with Gasteiger partial charge in [-0.3, -0.25) is 9.36 Å². The lowest BCUT2D eigenvalue weighted by Gasteiger charge is -2.29. The lowest BCUT2D eigenvalue weighted by atomic mass is 10.0. The van der Waals surface area contributed by atoms with Crippen molar-refractivity contribution in [1.29, 1.82) is 0 Å². The number of nitrogens with one attached hydrogen (secondary N) is 1. The highest BCUT2D eigenvalue weighted by Crippen LogP contribution is 2.38. The molecule has 8 nitrogen and oxygen atoms in total. The Kier molecular flexibility index (Phi) is 43.5. The van der Waals surface area contributed by atoms with Crippen molar-refractivity contribution in [2.75, 3.05) is 40.9 Å². The topological polar surface area (TPSA) is 108 Å². The van der Waals surface area contributed by atoms with Crippen molar-refractivity contribution >= 4 is 13.7 Å². The first-order valence-electron chi connectivity index (χ1n) is 26.0. The number of aliphatic hydroxyl groups excluding tert-OH is 1. The molecule has 0 aliphatic carbocycles. The Bertz CT molecular complexity index is 1150. The number of hydrogen-bond acceptors (Lipinski definition) is 6. The minimum absolute atomic E-state index is 0.00930. The minimum atomic E-state index is -4.59. The molecule has 1 amide bonds. The summed E-state index contributed by atoms with van der Waals surface area (Å²) in [7, 11) is 1.23. The van der Waals surface area contributed by atoms with E-state index in [0.717, 1.165) is 44.9 Å². The van der Waals surface area contributed by atoms with Crippen molar-refractivity contribution < 1.29 is 32.9 Å². The van der Waals surface area contributed by atoms with Crippen molar-refractivity contribution in [2.24, 2.45) is 0 Å². The molecule has 0 saturated carbocycles. The lowest BCUT2D eigenvalue weighted by molar-refractivity contribution is -0.870. The zero-order valence-electron chi connectivity index (χ0n) is 41.3. The van der Waals surface area contributed by atoms with Gasteiger partial charge in [0.15, 0.2) is 0 Å². The molecule has 0 aromatic heterocycles. The van der Waals surface area contributed by atoms with Crippen LogP contribution in [0, 0.1) is 0 Å². The van der Waals surface area contributed by atoms with Crippen molar-refractivity contribution in [3.8, 4) is 0 Å². The van der Waals surface area contributed by atoms with Crippen LogP contribution in [-0.2, 0) is 18.4 Å². The van der Waals surface area contributed by atoms with Crippen LogP contribution in [0.15, 0.2) is 48.6 Å². The van der Waals surface area contributed by atoms with Gasteiger partial charge in [0.05, 0.1) is 39.9 Å². The van der Waals surface area contributed by atoms with E-state index in [0.29, 0.717) is 17.4 Å². The van der Waals surface area contributed by atoms with Gasteiger partial charge in [0, 0.05) is 6.42 Å². The maximum Gasteiger partial charge on any atom is 0.268 e. The van der Waals surface area contributed by atoms with Crippen LogP contribution in [0.2, 0.25) is 0 Å². The van der Waals surface area contributed by atoms with Crippen LogP contribution >= 0.6 is 7.82 Å². The van der Waals surface area contributed by atoms with Crippen molar-refractivity contribution in [3.05, 3.63) is 48.6 Å². The third-order valence-electron chi connectivity index (χ3n) is 11.6. The Hall–Kier alpha value is -1.54. The fraction of sp³-hybridized carbons (Fsp3) is 0.830. The molecule has 2 N–H and O–H groups in total. The Labute approximate surface area is 384 Å². The maximum atomic E-state index is 12.9. The maximum absolute atomic E-state index is 12.9. The molecule has 0 saturated heterocycles. The number of phosphoric acid groups is 1. The lowest BCUT2D eigenvalue weighted by Crippen LogP contribution is -2.45. The zero-order chi connectivity index (χ0) is 45.7. The van der Waals surface area contributed by atoms with Gasteiger partial charge in [0.1, 0.15) is 13.2 Å². The van der Waals surface area contributed by atoms with Gasteiger partial charge >= 0.3 is 0 Å². The first-order chi connectivity index (χ1) is 30.0. The standard InChI is InChI=1S/C53H101N2O6P/c1-6-8-10-12-14-16-17-18-19-20-21-22-23-24-25-26-27-28-29-30-31-32-33-34-35-36-37-39-41-43-45-47-53(57)54-51(50-61-62(58,59)60-49-48-55(3,4)5)52(56)46-44-42-40-38-15-13-11-9-7-2/h7,9,15,20-21,38,44,46,51-52,56H,6,8,10-14,16-19,22-37,39-43,45,47-50H2,1-5H3,(H-,54,57,58,59)/b9-7+,21-20-,38-15+,46-44+. The number of rotatable bonds is 47. The number of aliphatic hydroxyl groups is 1. The van der Waals surface area contributed by atoms with E-state index in [4.69, 9.17) is 9.05 Å². The number of unbranched alkanes of at least 4 members (excludes halogenated alkanes) is 29. The van der Waals surface area contributed by atoms with Gasteiger partial charge < -0.3 is 28.8 Å². The molecule has 0 aromatic carbocycles. The second-order valence-corrected chi connectivity index (χ2v) is 20.3. The Balaban J connectivity index is 3.96. The molecule has 62 heavy (non-hydrogen) atoms.